The van der Waals surface area contributed by atoms with Crippen molar-refractivity contribution in [1.82, 2.24) is 9.80 Å². The quantitative estimate of drug-likeness (QED) is 0.782. The maximum atomic E-state index is 5.97. The zero-order valence-electron chi connectivity index (χ0n) is 14.7. The molecule has 2 aliphatic heterocycles. The monoisotopic (exact) mass is 356 g/mol. The Bertz CT molecular complexity index is 718. The number of hydrogen-bond acceptors (Lipinski definition) is 3. The van der Waals surface area contributed by atoms with Crippen LogP contribution in [0.25, 0.3) is 0 Å². The molecule has 2 aliphatic rings. The van der Waals surface area contributed by atoms with Gasteiger partial charge in [0.15, 0.2) is 0 Å². The van der Waals surface area contributed by atoms with Crippen molar-refractivity contribution in [1.29, 1.82) is 0 Å². The van der Waals surface area contributed by atoms with Crippen LogP contribution >= 0.6 is 11.6 Å². The number of nitrogens with zero attached hydrogens (tertiary/aromatic N) is 2. The summed E-state index contributed by atoms with van der Waals surface area (Å²) in [6.07, 6.45) is 2.70. The van der Waals surface area contributed by atoms with E-state index in [2.05, 4.69) is 34.9 Å². The highest BCUT2D eigenvalue weighted by Crippen LogP contribution is 2.29. The van der Waals surface area contributed by atoms with Gasteiger partial charge in [-0.1, -0.05) is 23.7 Å². The molecule has 2 heterocycles. The normalized spacial score (nSPS) is 24.2. The summed E-state index contributed by atoms with van der Waals surface area (Å²) in [5, 5.41) is 0.723. The molecule has 2 fully saturated rings. The molecule has 0 radical (unpaired) electrons. The summed E-state index contributed by atoms with van der Waals surface area (Å²) in [4.78, 5) is 5.29. The Morgan fingerprint density at radius 1 is 1.04 bits per heavy atom. The number of benzene rings is 2. The lowest BCUT2D eigenvalue weighted by Crippen LogP contribution is -2.55. The maximum absolute atomic E-state index is 5.97. The molecule has 0 saturated carbocycles. The van der Waals surface area contributed by atoms with Crippen LogP contribution in [0.5, 0.6) is 11.5 Å². The Balaban J connectivity index is 1.43. The first kappa shape index (κ1) is 16.9. The Labute approximate surface area is 155 Å². The number of rotatable bonds is 4. The fraction of sp³-hybridized carbons (Fsp3) is 0.429. The summed E-state index contributed by atoms with van der Waals surface area (Å²) in [7, 11) is 0. The third-order valence-electron chi connectivity index (χ3n) is 5.55. The molecular weight excluding hydrogens is 332 g/mol. The number of halogens is 1. The van der Waals surface area contributed by atoms with Gasteiger partial charge in [0.1, 0.15) is 11.5 Å². The number of fused-ring (bicyclic) bond motifs is 1. The molecule has 25 heavy (non-hydrogen) atoms. The van der Waals surface area contributed by atoms with Gasteiger partial charge in [0.25, 0.3) is 0 Å². The SMILES string of the molecule is CC1C2CCCN2CCN1Cc1cccc(Oc2ccc(Cl)cc2)c1. The Hall–Kier alpha value is -1.55. The summed E-state index contributed by atoms with van der Waals surface area (Å²) >= 11 is 5.94. The van der Waals surface area contributed by atoms with Crippen molar-refractivity contribution in [2.45, 2.75) is 38.4 Å². The summed E-state index contributed by atoms with van der Waals surface area (Å²) in [5.74, 6) is 1.70. The Kier molecular flexibility index (Phi) is 4.98. The van der Waals surface area contributed by atoms with E-state index in [4.69, 9.17) is 16.3 Å². The zero-order chi connectivity index (χ0) is 17.2. The topological polar surface area (TPSA) is 15.7 Å². The smallest absolute Gasteiger partial charge is 0.127 e. The first-order chi connectivity index (χ1) is 12.2. The highest BCUT2D eigenvalue weighted by atomic mass is 35.5. The average molecular weight is 357 g/mol. The molecule has 0 spiro atoms. The van der Waals surface area contributed by atoms with E-state index in [0.717, 1.165) is 35.7 Å². The summed E-state index contributed by atoms with van der Waals surface area (Å²) in [6, 6.07) is 17.3. The van der Waals surface area contributed by atoms with E-state index in [0.29, 0.717) is 6.04 Å². The molecular formula is C21H25ClN2O. The van der Waals surface area contributed by atoms with E-state index in [1.165, 1.54) is 31.5 Å². The van der Waals surface area contributed by atoms with Gasteiger partial charge in [0.05, 0.1) is 0 Å². The summed E-state index contributed by atoms with van der Waals surface area (Å²) < 4.78 is 5.97. The van der Waals surface area contributed by atoms with Crippen molar-refractivity contribution in [2.75, 3.05) is 19.6 Å². The van der Waals surface area contributed by atoms with Gasteiger partial charge < -0.3 is 4.74 Å². The van der Waals surface area contributed by atoms with Crippen LogP contribution < -0.4 is 4.74 Å². The summed E-state index contributed by atoms with van der Waals surface area (Å²) in [5.41, 5.74) is 1.31. The molecule has 0 aromatic heterocycles. The zero-order valence-corrected chi connectivity index (χ0v) is 15.5. The van der Waals surface area contributed by atoms with Crippen molar-refractivity contribution >= 4 is 11.6 Å². The first-order valence-electron chi connectivity index (χ1n) is 9.19. The molecule has 2 saturated heterocycles. The fourth-order valence-corrected chi connectivity index (χ4v) is 4.31. The molecule has 0 aliphatic carbocycles. The van der Waals surface area contributed by atoms with Crippen LogP contribution in [0.15, 0.2) is 48.5 Å². The molecule has 4 rings (SSSR count). The van der Waals surface area contributed by atoms with Crippen molar-refractivity contribution in [3.8, 4) is 11.5 Å². The van der Waals surface area contributed by atoms with Crippen LogP contribution in [0.3, 0.4) is 0 Å². The second-order valence-electron chi connectivity index (χ2n) is 7.16. The minimum Gasteiger partial charge on any atom is -0.457 e. The second-order valence-corrected chi connectivity index (χ2v) is 7.60. The third kappa shape index (κ3) is 3.84. The van der Waals surface area contributed by atoms with Gasteiger partial charge in [0, 0.05) is 36.7 Å². The van der Waals surface area contributed by atoms with Gasteiger partial charge in [-0.15, -0.1) is 0 Å². The van der Waals surface area contributed by atoms with Crippen molar-refractivity contribution in [3.05, 3.63) is 59.1 Å². The van der Waals surface area contributed by atoms with E-state index in [9.17, 15) is 0 Å². The van der Waals surface area contributed by atoms with E-state index >= 15 is 0 Å². The molecule has 2 aromatic rings. The molecule has 132 valence electrons. The van der Waals surface area contributed by atoms with Crippen molar-refractivity contribution in [3.63, 3.8) is 0 Å². The fourth-order valence-electron chi connectivity index (χ4n) is 4.18. The molecule has 2 atom stereocenters. The van der Waals surface area contributed by atoms with Crippen LogP contribution in [0.4, 0.5) is 0 Å². The average Bonchev–Trinajstić information content (AvgIpc) is 3.09. The van der Waals surface area contributed by atoms with Gasteiger partial charge in [-0.2, -0.15) is 0 Å². The van der Waals surface area contributed by atoms with Crippen LogP contribution in [0.2, 0.25) is 5.02 Å². The highest BCUT2D eigenvalue weighted by molar-refractivity contribution is 6.30. The summed E-state index contributed by atoms with van der Waals surface area (Å²) in [6.45, 7) is 7.02. The molecule has 0 N–H and O–H groups in total. The van der Waals surface area contributed by atoms with Gasteiger partial charge in [-0.3, -0.25) is 9.80 Å². The van der Waals surface area contributed by atoms with Crippen LogP contribution in [-0.4, -0.2) is 41.5 Å². The molecule has 4 heteroatoms. The van der Waals surface area contributed by atoms with Gasteiger partial charge in [-0.05, 0) is 68.3 Å². The lowest BCUT2D eigenvalue weighted by molar-refractivity contribution is 0.0470. The van der Waals surface area contributed by atoms with E-state index in [-0.39, 0.29) is 0 Å². The van der Waals surface area contributed by atoms with Crippen molar-refractivity contribution in [2.24, 2.45) is 0 Å². The number of piperazine rings is 1. The Morgan fingerprint density at radius 3 is 2.72 bits per heavy atom. The van der Waals surface area contributed by atoms with Gasteiger partial charge in [-0.25, -0.2) is 0 Å². The van der Waals surface area contributed by atoms with Crippen molar-refractivity contribution < 1.29 is 4.74 Å². The largest absolute Gasteiger partial charge is 0.457 e. The lowest BCUT2D eigenvalue weighted by atomic mass is 10.0. The molecule has 2 aromatic carbocycles. The van der Waals surface area contributed by atoms with Gasteiger partial charge >= 0.3 is 0 Å². The van der Waals surface area contributed by atoms with E-state index < -0.39 is 0 Å². The molecule has 2 unspecified atom stereocenters. The number of ether oxygens (including phenoxy) is 1. The maximum Gasteiger partial charge on any atom is 0.127 e. The Morgan fingerprint density at radius 2 is 1.88 bits per heavy atom. The van der Waals surface area contributed by atoms with E-state index in [1.54, 1.807) is 0 Å². The molecule has 0 amide bonds. The van der Waals surface area contributed by atoms with Crippen LogP contribution in [0, 0.1) is 0 Å². The first-order valence-corrected chi connectivity index (χ1v) is 9.57. The molecule has 3 nitrogen and oxygen atoms in total. The predicted molar refractivity (Wildman–Crippen MR) is 102 cm³/mol. The van der Waals surface area contributed by atoms with Gasteiger partial charge in [0.2, 0.25) is 0 Å². The predicted octanol–water partition coefficient (Wildman–Crippen LogP) is 4.80. The van der Waals surface area contributed by atoms with Crippen LogP contribution in [0.1, 0.15) is 25.3 Å². The minimum atomic E-state index is 0.622. The standard InChI is InChI=1S/C21H25ClN2O/c1-16-21-6-3-11-23(21)12-13-24(16)15-17-4-2-5-20(14-17)25-19-9-7-18(22)8-10-19/h2,4-5,7-10,14,16,21H,3,6,11-13,15H2,1H3. The highest BCUT2D eigenvalue weighted by Gasteiger charge is 2.36. The second kappa shape index (κ2) is 7.36. The third-order valence-corrected chi connectivity index (χ3v) is 5.81. The molecule has 0 bridgehead atoms. The van der Waals surface area contributed by atoms with Crippen LogP contribution in [-0.2, 0) is 6.54 Å². The lowest BCUT2D eigenvalue weighted by Gasteiger charge is -2.43. The number of hydrogen-bond donors (Lipinski definition) is 0. The van der Waals surface area contributed by atoms with E-state index in [1.807, 2.05) is 30.3 Å². The minimum absolute atomic E-state index is 0.622.